The summed E-state index contributed by atoms with van der Waals surface area (Å²) in [5.41, 5.74) is 1.32. The van der Waals surface area contributed by atoms with Crippen molar-refractivity contribution in [3.8, 4) is 0 Å². The Hall–Kier alpha value is -1.55. The van der Waals surface area contributed by atoms with Gasteiger partial charge in [0.2, 0.25) is 0 Å². The fraction of sp³-hybridized carbons (Fsp3) is 0.417. The topological polar surface area (TPSA) is 34.8 Å². The zero-order valence-corrected chi connectivity index (χ0v) is 9.85. The average Bonchev–Trinajstić information content (AvgIpc) is 2.86. The van der Waals surface area contributed by atoms with E-state index in [2.05, 4.69) is 37.9 Å². The van der Waals surface area contributed by atoms with Gasteiger partial charge in [0.25, 0.3) is 0 Å². The molecule has 0 aromatic carbocycles. The Morgan fingerprint density at radius 3 is 2.94 bits per heavy atom. The Morgan fingerprint density at radius 2 is 2.25 bits per heavy atom. The quantitative estimate of drug-likeness (QED) is 0.818. The minimum absolute atomic E-state index is 0.926. The third-order valence-corrected chi connectivity index (χ3v) is 2.71. The lowest BCUT2D eigenvalue weighted by molar-refractivity contribution is 0.651. The summed E-state index contributed by atoms with van der Waals surface area (Å²) in [7, 11) is 4.00. The Bertz CT molecular complexity index is 441. The molecule has 4 nitrogen and oxygen atoms in total. The van der Waals surface area contributed by atoms with Crippen LogP contribution in [0.15, 0.2) is 30.9 Å². The second-order valence-electron chi connectivity index (χ2n) is 3.99. The van der Waals surface area contributed by atoms with Crippen LogP contribution in [0.4, 0.5) is 0 Å². The molecule has 0 radical (unpaired) electrons. The minimum Gasteiger partial charge on any atom is -0.353 e. The number of hydrogen-bond donors (Lipinski definition) is 1. The van der Waals surface area contributed by atoms with Crippen molar-refractivity contribution in [2.45, 2.75) is 19.5 Å². The highest BCUT2D eigenvalue weighted by molar-refractivity contribution is 5.10. The molecular formula is C12H18N4. The summed E-state index contributed by atoms with van der Waals surface area (Å²) in [6, 6.07) is 2.15. The summed E-state index contributed by atoms with van der Waals surface area (Å²) in [5.74, 6) is 1.13. The molecule has 0 amide bonds. The van der Waals surface area contributed by atoms with Gasteiger partial charge in [0.15, 0.2) is 0 Å². The van der Waals surface area contributed by atoms with Crippen LogP contribution in [0.1, 0.15) is 11.4 Å². The standard InChI is InChI=1S/C12H18N4/c1-13-9-11-3-6-16(10-11)7-4-12-14-5-8-15(12)2/h3,5-6,8,10,13H,4,7,9H2,1-2H3. The molecule has 0 unspecified atom stereocenters. The van der Waals surface area contributed by atoms with Crippen LogP contribution in [0.2, 0.25) is 0 Å². The maximum Gasteiger partial charge on any atom is 0.110 e. The van der Waals surface area contributed by atoms with Crippen LogP contribution < -0.4 is 5.32 Å². The minimum atomic E-state index is 0.926. The van der Waals surface area contributed by atoms with Gasteiger partial charge >= 0.3 is 0 Å². The molecule has 0 aliphatic carbocycles. The summed E-state index contributed by atoms with van der Waals surface area (Å²) in [4.78, 5) is 4.31. The molecule has 86 valence electrons. The number of hydrogen-bond acceptors (Lipinski definition) is 2. The summed E-state index contributed by atoms with van der Waals surface area (Å²) in [6.45, 7) is 1.91. The van der Waals surface area contributed by atoms with Gasteiger partial charge in [-0.05, 0) is 18.7 Å². The van der Waals surface area contributed by atoms with E-state index in [0.29, 0.717) is 0 Å². The van der Waals surface area contributed by atoms with Crippen molar-refractivity contribution in [3.05, 3.63) is 42.2 Å². The Kier molecular flexibility index (Phi) is 3.41. The highest BCUT2D eigenvalue weighted by Crippen LogP contribution is 2.03. The van der Waals surface area contributed by atoms with Crippen LogP contribution in [0, 0.1) is 0 Å². The Balaban J connectivity index is 1.92. The van der Waals surface area contributed by atoms with Crippen LogP contribution >= 0.6 is 0 Å². The first-order valence-corrected chi connectivity index (χ1v) is 5.55. The van der Waals surface area contributed by atoms with Crippen LogP contribution in [-0.4, -0.2) is 21.2 Å². The molecule has 0 bridgehead atoms. The van der Waals surface area contributed by atoms with Crippen molar-refractivity contribution in [1.82, 2.24) is 19.4 Å². The first kappa shape index (κ1) is 11.0. The maximum absolute atomic E-state index is 4.31. The fourth-order valence-electron chi connectivity index (χ4n) is 1.80. The molecule has 16 heavy (non-hydrogen) atoms. The van der Waals surface area contributed by atoms with E-state index in [4.69, 9.17) is 0 Å². The van der Waals surface area contributed by atoms with Gasteiger partial charge in [0.05, 0.1) is 0 Å². The molecule has 0 aliphatic heterocycles. The van der Waals surface area contributed by atoms with Crippen LogP contribution in [-0.2, 0) is 26.6 Å². The van der Waals surface area contributed by atoms with Crippen molar-refractivity contribution < 1.29 is 0 Å². The number of nitrogens with one attached hydrogen (secondary N) is 1. The number of aryl methyl sites for hydroxylation is 3. The van der Waals surface area contributed by atoms with Crippen molar-refractivity contribution >= 4 is 0 Å². The average molecular weight is 218 g/mol. The molecule has 4 heteroatoms. The highest BCUT2D eigenvalue weighted by atomic mass is 15.0. The fourth-order valence-corrected chi connectivity index (χ4v) is 1.80. The van der Waals surface area contributed by atoms with Crippen molar-refractivity contribution in [2.24, 2.45) is 7.05 Å². The first-order chi connectivity index (χ1) is 7.79. The van der Waals surface area contributed by atoms with Gasteiger partial charge in [-0.2, -0.15) is 0 Å². The summed E-state index contributed by atoms with van der Waals surface area (Å²) < 4.78 is 4.28. The number of nitrogens with zero attached hydrogens (tertiary/aromatic N) is 3. The van der Waals surface area contributed by atoms with Gasteiger partial charge < -0.3 is 14.5 Å². The third kappa shape index (κ3) is 2.52. The van der Waals surface area contributed by atoms with E-state index in [0.717, 1.165) is 25.3 Å². The van der Waals surface area contributed by atoms with Gasteiger partial charge in [0, 0.05) is 51.3 Å². The van der Waals surface area contributed by atoms with Gasteiger partial charge in [0.1, 0.15) is 5.82 Å². The van der Waals surface area contributed by atoms with E-state index in [9.17, 15) is 0 Å². The number of imidazole rings is 1. The van der Waals surface area contributed by atoms with Gasteiger partial charge in [-0.15, -0.1) is 0 Å². The molecule has 0 saturated carbocycles. The number of rotatable bonds is 5. The van der Waals surface area contributed by atoms with Crippen LogP contribution in [0.3, 0.4) is 0 Å². The molecule has 0 atom stereocenters. The molecule has 2 heterocycles. The third-order valence-electron chi connectivity index (χ3n) is 2.71. The summed E-state index contributed by atoms with van der Waals surface area (Å²) >= 11 is 0. The molecule has 1 N–H and O–H groups in total. The summed E-state index contributed by atoms with van der Waals surface area (Å²) in [6.07, 6.45) is 9.10. The molecule has 0 spiro atoms. The Labute approximate surface area is 95.9 Å². The van der Waals surface area contributed by atoms with E-state index < -0.39 is 0 Å². The SMILES string of the molecule is CNCc1ccn(CCc2nccn2C)c1. The van der Waals surface area contributed by atoms with Crippen molar-refractivity contribution in [3.63, 3.8) is 0 Å². The molecule has 2 aromatic rings. The van der Waals surface area contributed by atoms with Crippen molar-refractivity contribution in [2.75, 3.05) is 7.05 Å². The maximum atomic E-state index is 4.31. The zero-order chi connectivity index (χ0) is 11.4. The van der Waals surface area contributed by atoms with Crippen LogP contribution in [0.5, 0.6) is 0 Å². The van der Waals surface area contributed by atoms with E-state index in [1.54, 1.807) is 0 Å². The lowest BCUT2D eigenvalue weighted by Gasteiger charge is -2.03. The summed E-state index contributed by atoms with van der Waals surface area (Å²) in [5, 5.41) is 3.15. The molecule has 0 aliphatic rings. The second kappa shape index (κ2) is 4.99. The predicted octanol–water partition coefficient (Wildman–Crippen LogP) is 1.18. The van der Waals surface area contributed by atoms with Crippen LogP contribution in [0.25, 0.3) is 0 Å². The first-order valence-electron chi connectivity index (χ1n) is 5.55. The predicted molar refractivity (Wildman–Crippen MR) is 64.1 cm³/mol. The largest absolute Gasteiger partial charge is 0.353 e. The van der Waals surface area contributed by atoms with Gasteiger partial charge in [-0.3, -0.25) is 0 Å². The smallest absolute Gasteiger partial charge is 0.110 e. The van der Waals surface area contributed by atoms with E-state index >= 15 is 0 Å². The second-order valence-corrected chi connectivity index (χ2v) is 3.99. The monoisotopic (exact) mass is 218 g/mol. The van der Waals surface area contributed by atoms with E-state index in [-0.39, 0.29) is 0 Å². The number of aromatic nitrogens is 3. The molecular weight excluding hydrogens is 200 g/mol. The van der Waals surface area contributed by atoms with Gasteiger partial charge in [-0.25, -0.2) is 4.98 Å². The molecule has 0 fully saturated rings. The molecule has 2 aromatic heterocycles. The molecule has 2 rings (SSSR count). The molecule has 0 saturated heterocycles. The Morgan fingerprint density at radius 1 is 1.38 bits per heavy atom. The van der Waals surface area contributed by atoms with Crippen molar-refractivity contribution in [1.29, 1.82) is 0 Å². The lowest BCUT2D eigenvalue weighted by Crippen LogP contribution is -2.05. The normalized spacial score (nSPS) is 10.9. The zero-order valence-electron chi connectivity index (χ0n) is 9.85. The lowest BCUT2D eigenvalue weighted by atomic mass is 10.3. The van der Waals surface area contributed by atoms with E-state index in [1.165, 1.54) is 5.56 Å². The highest BCUT2D eigenvalue weighted by Gasteiger charge is 2.00. The van der Waals surface area contributed by atoms with Gasteiger partial charge in [-0.1, -0.05) is 0 Å². The van der Waals surface area contributed by atoms with E-state index in [1.807, 2.05) is 26.5 Å².